The SMILES string of the molecule is C=C(C)C(=O)OC(N)(O)CC. The van der Waals surface area contributed by atoms with Gasteiger partial charge in [0.25, 0.3) is 5.91 Å². The summed E-state index contributed by atoms with van der Waals surface area (Å²) >= 11 is 0. The van der Waals surface area contributed by atoms with Gasteiger partial charge in [0.1, 0.15) is 0 Å². The molecule has 0 aromatic heterocycles. The highest BCUT2D eigenvalue weighted by atomic mass is 16.7. The van der Waals surface area contributed by atoms with Crippen LogP contribution in [0, 0.1) is 0 Å². The topological polar surface area (TPSA) is 72.5 Å². The van der Waals surface area contributed by atoms with Crippen LogP contribution < -0.4 is 5.73 Å². The average Bonchev–Trinajstić information content (AvgIpc) is 1.87. The fourth-order valence-corrected chi connectivity index (χ4v) is 0.320. The predicted octanol–water partition coefficient (Wildman–Crippen LogP) is 0.120. The normalized spacial score (nSPS) is 15.3. The van der Waals surface area contributed by atoms with Gasteiger partial charge in [-0.3, -0.25) is 5.73 Å². The van der Waals surface area contributed by atoms with E-state index in [-0.39, 0.29) is 12.0 Å². The second-order valence-electron chi connectivity index (χ2n) is 2.37. The van der Waals surface area contributed by atoms with E-state index < -0.39 is 11.9 Å². The first-order chi connectivity index (χ1) is 4.89. The van der Waals surface area contributed by atoms with Gasteiger partial charge in [-0.15, -0.1) is 0 Å². The van der Waals surface area contributed by atoms with E-state index in [1.54, 1.807) is 6.92 Å². The fraction of sp³-hybridized carbons (Fsp3) is 0.571. The largest absolute Gasteiger partial charge is 0.416 e. The predicted molar refractivity (Wildman–Crippen MR) is 40.3 cm³/mol. The molecule has 0 amide bonds. The molecule has 0 aliphatic rings. The summed E-state index contributed by atoms with van der Waals surface area (Å²) < 4.78 is 4.44. The Morgan fingerprint density at radius 1 is 1.82 bits per heavy atom. The van der Waals surface area contributed by atoms with Crippen LogP contribution in [0.5, 0.6) is 0 Å². The molecule has 0 aliphatic heterocycles. The zero-order valence-corrected chi connectivity index (χ0v) is 6.76. The molecule has 0 radical (unpaired) electrons. The molecule has 3 N–H and O–H groups in total. The Balaban J connectivity index is 4.04. The van der Waals surface area contributed by atoms with Crippen LogP contribution in [0.2, 0.25) is 0 Å². The number of hydrogen-bond donors (Lipinski definition) is 2. The second-order valence-corrected chi connectivity index (χ2v) is 2.37. The van der Waals surface area contributed by atoms with Gasteiger partial charge in [0.2, 0.25) is 0 Å². The first kappa shape index (κ1) is 10.1. The molecule has 64 valence electrons. The Hall–Kier alpha value is -0.870. The molecule has 0 aromatic carbocycles. The van der Waals surface area contributed by atoms with Crippen LogP contribution in [0.25, 0.3) is 0 Å². The van der Waals surface area contributed by atoms with Crippen molar-refractivity contribution in [3.63, 3.8) is 0 Å². The molecule has 1 atom stereocenters. The van der Waals surface area contributed by atoms with Gasteiger partial charge >= 0.3 is 5.97 Å². The summed E-state index contributed by atoms with van der Waals surface area (Å²) in [6.07, 6.45) is 0.145. The van der Waals surface area contributed by atoms with Crippen molar-refractivity contribution in [2.24, 2.45) is 5.73 Å². The van der Waals surface area contributed by atoms with E-state index >= 15 is 0 Å². The summed E-state index contributed by atoms with van der Waals surface area (Å²) in [4.78, 5) is 10.8. The minimum absolute atomic E-state index is 0.145. The van der Waals surface area contributed by atoms with Gasteiger partial charge in [0.15, 0.2) is 0 Å². The monoisotopic (exact) mass is 159 g/mol. The van der Waals surface area contributed by atoms with Gasteiger partial charge in [0.05, 0.1) is 0 Å². The van der Waals surface area contributed by atoms with E-state index in [9.17, 15) is 4.79 Å². The number of carbonyl (C=O) groups is 1. The number of hydrogen-bond acceptors (Lipinski definition) is 4. The highest BCUT2D eigenvalue weighted by molar-refractivity contribution is 5.87. The lowest BCUT2D eigenvalue weighted by atomic mass is 10.3. The maximum absolute atomic E-state index is 10.8. The average molecular weight is 159 g/mol. The summed E-state index contributed by atoms with van der Waals surface area (Å²) in [5.41, 5.74) is 5.34. The minimum Gasteiger partial charge on any atom is -0.416 e. The third-order valence-electron chi connectivity index (χ3n) is 1.12. The van der Waals surface area contributed by atoms with Crippen molar-refractivity contribution in [3.8, 4) is 0 Å². The highest BCUT2D eigenvalue weighted by Crippen LogP contribution is 2.06. The zero-order chi connectivity index (χ0) is 9.07. The van der Waals surface area contributed by atoms with Crippen molar-refractivity contribution in [1.29, 1.82) is 0 Å². The quantitative estimate of drug-likeness (QED) is 0.348. The zero-order valence-electron chi connectivity index (χ0n) is 6.76. The van der Waals surface area contributed by atoms with Crippen molar-refractivity contribution >= 4 is 5.97 Å². The molecular weight excluding hydrogens is 146 g/mol. The summed E-state index contributed by atoms with van der Waals surface area (Å²) in [6.45, 7) is 6.42. The minimum atomic E-state index is -1.87. The lowest BCUT2D eigenvalue weighted by Gasteiger charge is -2.20. The van der Waals surface area contributed by atoms with E-state index in [2.05, 4.69) is 11.3 Å². The summed E-state index contributed by atoms with van der Waals surface area (Å²) in [6, 6.07) is 0. The Labute approximate surface area is 65.6 Å². The van der Waals surface area contributed by atoms with Crippen LogP contribution >= 0.6 is 0 Å². The van der Waals surface area contributed by atoms with E-state index in [0.29, 0.717) is 0 Å². The van der Waals surface area contributed by atoms with E-state index in [1.165, 1.54) is 6.92 Å². The lowest BCUT2D eigenvalue weighted by molar-refractivity contribution is -0.203. The van der Waals surface area contributed by atoms with Gasteiger partial charge in [-0.25, -0.2) is 4.79 Å². The lowest BCUT2D eigenvalue weighted by Crippen LogP contribution is -2.43. The molecule has 0 bridgehead atoms. The van der Waals surface area contributed by atoms with Gasteiger partial charge in [0, 0.05) is 12.0 Å². The Morgan fingerprint density at radius 2 is 2.27 bits per heavy atom. The Morgan fingerprint density at radius 3 is 2.55 bits per heavy atom. The van der Waals surface area contributed by atoms with Crippen LogP contribution in [-0.2, 0) is 9.53 Å². The molecule has 0 fully saturated rings. The molecule has 0 saturated carbocycles. The molecule has 0 aromatic rings. The van der Waals surface area contributed by atoms with Gasteiger partial charge in [-0.2, -0.15) is 0 Å². The summed E-state index contributed by atoms with van der Waals surface area (Å²) in [5, 5.41) is 9.04. The van der Waals surface area contributed by atoms with Crippen LogP contribution in [0.1, 0.15) is 20.3 Å². The number of rotatable bonds is 3. The molecule has 0 saturated heterocycles. The van der Waals surface area contributed by atoms with Crippen molar-refractivity contribution in [3.05, 3.63) is 12.2 Å². The van der Waals surface area contributed by atoms with Crippen LogP contribution in [-0.4, -0.2) is 17.0 Å². The van der Waals surface area contributed by atoms with Crippen molar-refractivity contribution in [1.82, 2.24) is 0 Å². The van der Waals surface area contributed by atoms with Gasteiger partial charge in [-0.1, -0.05) is 13.5 Å². The molecule has 11 heavy (non-hydrogen) atoms. The summed E-state index contributed by atoms with van der Waals surface area (Å²) in [5.74, 6) is -2.55. The highest BCUT2D eigenvalue weighted by Gasteiger charge is 2.23. The van der Waals surface area contributed by atoms with E-state index in [1.807, 2.05) is 0 Å². The number of carbonyl (C=O) groups excluding carboxylic acids is 1. The van der Waals surface area contributed by atoms with Crippen molar-refractivity contribution < 1.29 is 14.6 Å². The first-order valence-electron chi connectivity index (χ1n) is 3.29. The molecule has 0 rings (SSSR count). The maximum Gasteiger partial charge on any atom is 0.336 e. The molecule has 0 aliphatic carbocycles. The molecule has 0 heterocycles. The summed E-state index contributed by atoms with van der Waals surface area (Å²) in [7, 11) is 0. The van der Waals surface area contributed by atoms with Crippen LogP contribution in [0.4, 0.5) is 0 Å². The van der Waals surface area contributed by atoms with Crippen LogP contribution in [0.15, 0.2) is 12.2 Å². The van der Waals surface area contributed by atoms with E-state index in [0.717, 1.165) is 0 Å². The molecule has 4 nitrogen and oxygen atoms in total. The third-order valence-corrected chi connectivity index (χ3v) is 1.12. The molecular formula is C7H13NO3. The molecule has 4 heteroatoms. The van der Waals surface area contributed by atoms with Crippen LogP contribution in [0.3, 0.4) is 0 Å². The Kier molecular flexibility index (Phi) is 3.22. The number of nitrogens with two attached hydrogens (primary N) is 1. The number of aliphatic hydroxyl groups is 1. The third kappa shape index (κ3) is 3.75. The smallest absolute Gasteiger partial charge is 0.336 e. The maximum atomic E-state index is 10.8. The van der Waals surface area contributed by atoms with Gasteiger partial charge in [-0.05, 0) is 6.92 Å². The molecule has 1 unspecified atom stereocenters. The number of ether oxygens (including phenoxy) is 1. The van der Waals surface area contributed by atoms with Gasteiger partial charge < -0.3 is 9.84 Å². The first-order valence-corrected chi connectivity index (χ1v) is 3.29. The standard InChI is InChI=1S/C7H13NO3/c1-4-7(8,10)11-6(9)5(2)3/h10H,2,4,8H2,1,3H3. The number of esters is 1. The van der Waals surface area contributed by atoms with Crippen molar-refractivity contribution in [2.45, 2.75) is 26.2 Å². The molecule has 0 spiro atoms. The van der Waals surface area contributed by atoms with E-state index in [4.69, 9.17) is 10.8 Å². The fourth-order valence-electron chi connectivity index (χ4n) is 0.320. The van der Waals surface area contributed by atoms with Crippen molar-refractivity contribution in [2.75, 3.05) is 0 Å². The second kappa shape index (κ2) is 3.50. The Bertz CT molecular complexity index is 175.